The molecule has 0 aliphatic heterocycles. The van der Waals surface area contributed by atoms with Crippen LogP contribution in [0.2, 0.25) is 0 Å². The number of ketones is 1. The molecule has 154 valence electrons. The summed E-state index contributed by atoms with van der Waals surface area (Å²) in [5.74, 6) is -0.892. The average molecular weight is 417 g/mol. The summed E-state index contributed by atoms with van der Waals surface area (Å²) >= 11 is 0. The van der Waals surface area contributed by atoms with Crippen molar-refractivity contribution in [1.82, 2.24) is 10.6 Å². The molecule has 2 amide bonds. The average Bonchev–Trinajstić information content (AvgIpc) is 2.68. The molecule has 29 heavy (non-hydrogen) atoms. The highest BCUT2D eigenvalue weighted by molar-refractivity contribution is 7.92. The van der Waals surface area contributed by atoms with Gasteiger partial charge in [0.1, 0.15) is 6.04 Å². The van der Waals surface area contributed by atoms with Gasteiger partial charge in [0, 0.05) is 23.4 Å². The SMILES string of the molecule is CCNC(=O)[C@@H](C)NC(=O)c1ccc(NS(=O)(=O)c2ccc(C(C)=O)cc2)cc1. The zero-order chi connectivity index (χ0) is 21.6. The third-order valence-corrected chi connectivity index (χ3v) is 5.46. The monoisotopic (exact) mass is 417 g/mol. The van der Waals surface area contributed by atoms with Crippen molar-refractivity contribution in [2.75, 3.05) is 11.3 Å². The van der Waals surface area contributed by atoms with Gasteiger partial charge < -0.3 is 10.6 Å². The van der Waals surface area contributed by atoms with Gasteiger partial charge in [0.25, 0.3) is 15.9 Å². The highest BCUT2D eigenvalue weighted by Crippen LogP contribution is 2.17. The fraction of sp³-hybridized carbons (Fsp3) is 0.250. The smallest absolute Gasteiger partial charge is 0.261 e. The van der Waals surface area contributed by atoms with Crippen molar-refractivity contribution >= 4 is 33.3 Å². The van der Waals surface area contributed by atoms with E-state index in [2.05, 4.69) is 15.4 Å². The van der Waals surface area contributed by atoms with Crippen molar-refractivity contribution in [1.29, 1.82) is 0 Å². The molecule has 0 bridgehead atoms. The lowest BCUT2D eigenvalue weighted by molar-refractivity contribution is -0.122. The van der Waals surface area contributed by atoms with E-state index in [1.54, 1.807) is 13.8 Å². The molecule has 0 saturated carbocycles. The van der Waals surface area contributed by atoms with Crippen LogP contribution in [0.4, 0.5) is 5.69 Å². The number of carbonyl (C=O) groups excluding carboxylic acids is 3. The summed E-state index contributed by atoms with van der Waals surface area (Å²) in [6.07, 6.45) is 0. The van der Waals surface area contributed by atoms with Crippen molar-refractivity contribution in [3.8, 4) is 0 Å². The maximum Gasteiger partial charge on any atom is 0.261 e. The molecule has 0 saturated heterocycles. The summed E-state index contributed by atoms with van der Waals surface area (Å²) in [6.45, 7) is 5.22. The van der Waals surface area contributed by atoms with Crippen LogP contribution in [0.5, 0.6) is 0 Å². The molecule has 8 nitrogen and oxygen atoms in total. The van der Waals surface area contributed by atoms with Crippen LogP contribution in [-0.2, 0) is 14.8 Å². The first kappa shape index (κ1) is 22.1. The van der Waals surface area contributed by atoms with Gasteiger partial charge in [0.2, 0.25) is 5.91 Å². The second-order valence-electron chi connectivity index (χ2n) is 6.35. The molecule has 3 N–H and O–H groups in total. The lowest BCUT2D eigenvalue weighted by Crippen LogP contribution is -2.44. The molecule has 0 spiro atoms. The zero-order valence-electron chi connectivity index (χ0n) is 16.4. The van der Waals surface area contributed by atoms with Crippen LogP contribution >= 0.6 is 0 Å². The van der Waals surface area contributed by atoms with E-state index in [0.29, 0.717) is 12.1 Å². The Morgan fingerprint density at radius 2 is 1.48 bits per heavy atom. The minimum Gasteiger partial charge on any atom is -0.355 e. The molecule has 2 aromatic carbocycles. The van der Waals surface area contributed by atoms with Gasteiger partial charge in [-0.1, -0.05) is 12.1 Å². The molecular weight excluding hydrogens is 394 g/mol. The van der Waals surface area contributed by atoms with Crippen LogP contribution in [-0.4, -0.2) is 38.6 Å². The van der Waals surface area contributed by atoms with Crippen molar-refractivity contribution in [2.24, 2.45) is 0 Å². The Morgan fingerprint density at radius 3 is 2.00 bits per heavy atom. The Labute approximate surface area is 169 Å². The molecule has 0 heterocycles. The van der Waals surface area contributed by atoms with Gasteiger partial charge in [-0.15, -0.1) is 0 Å². The molecular formula is C20H23N3O5S. The van der Waals surface area contributed by atoms with Gasteiger partial charge in [-0.3, -0.25) is 19.1 Å². The lowest BCUT2D eigenvalue weighted by Gasteiger charge is -2.13. The first-order valence-electron chi connectivity index (χ1n) is 8.96. The van der Waals surface area contributed by atoms with Crippen LogP contribution < -0.4 is 15.4 Å². The topological polar surface area (TPSA) is 121 Å². The first-order valence-corrected chi connectivity index (χ1v) is 10.4. The third-order valence-electron chi connectivity index (χ3n) is 4.06. The highest BCUT2D eigenvalue weighted by atomic mass is 32.2. The maximum absolute atomic E-state index is 12.5. The van der Waals surface area contributed by atoms with Gasteiger partial charge >= 0.3 is 0 Å². The quantitative estimate of drug-likeness (QED) is 0.567. The van der Waals surface area contributed by atoms with E-state index in [4.69, 9.17) is 0 Å². The molecule has 0 fully saturated rings. The second-order valence-corrected chi connectivity index (χ2v) is 8.04. The normalized spacial score (nSPS) is 12.0. The van der Waals surface area contributed by atoms with Gasteiger partial charge in [-0.05, 0) is 57.2 Å². The molecule has 0 unspecified atom stereocenters. The number of amides is 2. The van der Waals surface area contributed by atoms with Crippen molar-refractivity contribution in [2.45, 2.75) is 31.7 Å². The minimum absolute atomic E-state index is 0.0140. The Morgan fingerprint density at radius 1 is 0.931 bits per heavy atom. The summed E-state index contributed by atoms with van der Waals surface area (Å²) in [4.78, 5) is 35.2. The Hall–Kier alpha value is -3.20. The zero-order valence-corrected chi connectivity index (χ0v) is 17.2. The van der Waals surface area contributed by atoms with Gasteiger partial charge in [-0.25, -0.2) is 8.42 Å². The van der Waals surface area contributed by atoms with Crippen molar-refractivity contribution in [3.05, 3.63) is 59.7 Å². The molecule has 0 radical (unpaired) electrons. The third kappa shape index (κ3) is 5.89. The van der Waals surface area contributed by atoms with E-state index in [1.807, 2.05) is 0 Å². The van der Waals surface area contributed by atoms with Crippen LogP contribution in [0.15, 0.2) is 53.4 Å². The number of rotatable bonds is 8. The van der Waals surface area contributed by atoms with Gasteiger partial charge in [0.15, 0.2) is 5.78 Å². The number of likely N-dealkylation sites (N-methyl/N-ethyl adjacent to an activating group) is 1. The number of anilines is 1. The Kier molecular flexibility index (Phi) is 7.11. The summed E-state index contributed by atoms with van der Waals surface area (Å²) in [5, 5.41) is 5.18. The van der Waals surface area contributed by atoms with E-state index in [-0.39, 0.29) is 27.8 Å². The van der Waals surface area contributed by atoms with Crippen molar-refractivity contribution in [3.63, 3.8) is 0 Å². The number of hydrogen-bond acceptors (Lipinski definition) is 5. The maximum atomic E-state index is 12.5. The van der Waals surface area contributed by atoms with Crippen LogP contribution in [0.3, 0.4) is 0 Å². The van der Waals surface area contributed by atoms with Crippen LogP contribution in [0.1, 0.15) is 41.5 Å². The lowest BCUT2D eigenvalue weighted by atomic mass is 10.2. The standard InChI is InChI=1S/C20H23N3O5S/c1-4-21-19(25)13(2)22-20(26)16-5-9-17(10-6-16)23-29(27,28)18-11-7-15(8-12-18)14(3)24/h5-13,23H,4H2,1-3H3,(H,21,25)(H,22,26)/t13-/m1/s1. The van der Waals surface area contributed by atoms with E-state index in [1.165, 1.54) is 55.5 Å². The number of nitrogens with one attached hydrogen (secondary N) is 3. The molecule has 1 atom stereocenters. The minimum atomic E-state index is -3.84. The molecule has 2 rings (SSSR count). The molecule has 9 heteroatoms. The van der Waals surface area contributed by atoms with E-state index in [9.17, 15) is 22.8 Å². The molecule has 0 aromatic heterocycles. The van der Waals surface area contributed by atoms with Crippen molar-refractivity contribution < 1.29 is 22.8 Å². The number of hydrogen-bond donors (Lipinski definition) is 3. The van der Waals surface area contributed by atoms with E-state index >= 15 is 0 Å². The van der Waals surface area contributed by atoms with Gasteiger partial charge in [0.05, 0.1) is 4.90 Å². The van der Waals surface area contributed by atoms with Crippen LogP contribution in [0.25, 0.3) is 0 Å². The highest BCUT2D eigenvalue weighted by Gasteiger charge is 2.17. The second kappa shape index (κ2) is 9.33. The van der Waals surface area contributed by atoms with E-state index < -0.39 is 22.0 Å². The number of Topliss-reactive ketones (excluding diaryl/α,β-unsaturated/α-hetero) is 1. The number of benzene rings is 2. The predicted octanol–water partition coefficient (Wildman–Crippen LogP) is 1.94. The fourth-order valence-corrected chi connectivity index (χ4v) is 3.50. The summed E-state index contributed by atoms with van der Waals surface area (Å²) in [5.41, 5.74) is 0.977. The Balaban J connectivity index is 2.06. The molecule has 0 aliphatic carbocycles. The summed E-state index contributed by atoms with van der Waals surface area (Å²) < 4.78 is 27.3. The first-order chi connectivity index (χ1) is 13.6. The number of sulfonamides is 1. The summed E-state index contributed by atoms with van der Waals surface area (Å²) in [7, 11) is -3.84. The fourth-order valence-electron chi connectivity index (χ4n) is 2.45. The molecule has 2 aromatic rings. The summed E-state index contributed by atoms with van der Waals surface area (Å²) in [6, 6.07) is 10.7. The van der Waals surface area contributed by atoms with E-state index in [0.717, 1.165) is 0 Å². The largest absolute Gasteiger partial charge is 0.355 e. The Bertz CT molecular complexity index is 999. The predicted molar refractivity (Wildman–Crippen MR) is 109 cm³/mol. The van der Waals surface area contributed by atoms with Crippen LogP contribution in [0, 0.1) is 0 Å². The van der Waals surface area contributed by atoms with Gasteiger partial charge in [-0.2, -0.15) is 0 Å². The number of carbonyl (C=O) groups is 3. The molecule has 0 aliphatic rings.